The number of anilines is 1. The molecule has 3 N–H and O–H groups in total. The Kier molecular flexibility index (Phi) is 2.71. The summed E-state index contributed by atoms with van der Waals surface area (Å²) in [4.78, 5) is 16.2. The van der Waals surface area contributed by atoms with Crippen molar-refractivity contribution in [3.63, 3.8) is 0 Å². The number of hydrogen-bond donors (Lipinski definition) is 2. The number of carboxylic acid groups (broad SMARTS) is 1. The Hall–Kier alpha value is -2.35. The first-order chi connectivity index (χ1) is 9.16. The van der Waals surface area contributed by atoms with E-state index < -0.39 is 6.09 Å². The Labute approximate surface area is 108 Å². The molecule has 1 fully saturated rings. The number of morpholine rings is 1. The van der Waals surface area contributed by atoms with Gasteiger partial charge in [-0.3, -0.25) is 0 Å². The van der Waals surface area contributed by atoms with Gasteiger partial charge in [-0.25, -0.2) is 14.3 Å². The van der Waals surface area contributed by atoms with E-state index in [1.54, 1.807) is 10.6 Å². The van der Waals surface area contributed by atoms with Gasteiger partial charge < -0.3 is 20.5 Å². The molecule has 0 aromatic carbocycles. The van der Waals surface area contributed by atoms with Gasteiger partial charge in [-0.2, -0.15) is 5.10 Å². The van der Waals surface area contributed by atoms with Crippen molar-refractivity contribution in [3.05, 3.63) is 24.2 Å². The van der Waals surface area contributed by atoms with Crippen molar-refractivity contribution in [1.29, 1.82) is 0 Å². The monoisotopic (exact) mass is 263 g/mol. The third-order valence-corrected chi connectivity index (χ3v) is 3.18. The maximum absolute atomic E-state index is 11.0. The number of nitrogen functional groups attached to an aromatic ring is 1. The first kappa shape index (κ1) is 11.7. The van der Waals surface area contributed by atoms with E-state index in [0.29, 0.717) is 24.5 Å². The predicted octanol–water partition coefficient (Wildman–Crippen LogP) is 0.363. The smallest absolute Gasteiger partial charge is 0.407 e. The van der Waals surface area contributed by atoms with E-state index in [9.17, 15) is 4.79 Å². The molecule has 100 valence electrons. The molecule has 0 saturated carbocycles. The van der Waals surface area contributed by atoms with Gasteiger partial charge in [0.2, 0.25) is 0 Å². The van der Waals surface area contributed by atoms with Crippen LogP contribution in [-0.2, 0) is 4.74 Å². The van der Waals surface area contributed by atoms with Crippen molar-refractivity contribution in [2.75, 3.05) is 25.4 Å². The minimum Gasteiger partial charge on any atom is -0.465 e. The lowest BCUT2D eigenvalue weighted by Crippen LogP contribution is -2.41. The summed E-state index contributed by atoms with van der Waals surface area (Å²) in [6.45, 7) is 1.03. The largest absolute Gasteiger partial charge is 0.465 e. The van der Waals surface area contributed by atoms with Crippen LogP contribution in [0.15, 0.2) is 18.5 Å². The molecule has 1 atom stereocenters. The van der Waals surface area contributed by atoms with Gasteiger partial charge in [-0.15, -0.1) is 0 Å². The zero-order valence-electron chi connectivity index (χ0n) is 10.1. The van der Waals surface area contributed by atoms with E-state index in [2.05, 4.69) is 10.1 Å². The summed E-state index contributed by atoms with van der Waals surface area (Å²) in [6, 6.07) is 3.63. The van der Waals surface area contributed by atoms with Gasteiger partial charge in [-0.1, -0.05) is 0 Å². The number of amides is 1. The fraction of sp³-hybridized carbons (Fsp3) is 0.364. The van der Waals surface area contributed by atoms with Crippen LogP contribution in [0.25, 0.3) is 5.52 Å². The van der Waals surface area contributed by atoms with E-state index in [4.69, 9.17) is 15.6 Å². The average molecular weight is 263 g/mol. The van der Waals surface area contributed by atoms with Gasteiger partial charge in [0, 0.05) is 6.54 Å². The molecule has 0 aliphatic carbocycles. The summed E-state index contributed by atoms with van der Waals surface area (Å²) in [6.07, 6.45) is 0.0776. The topological polar surface area (TPSA) is 106 Å². The first-order valence-corrected chi connectivity index (χ1v) is 5.84. The Bertz CT molecular complexity index is 626. The fourth-order valence-corrected chi connectivity index (χ4v) is 2.22. The van der Waals surface area contributed by atoms with Crippen LogP contribution in [0.5, 0.6) is 0 Å². The van der Waals surface area contributed by atoms with E-state index in [0.717, 1.165) is 5.69 Å². The Balaban J connectivity index is 1.96. The molecule has 0 bridgehead atoms. The zero-order valence-corrected chi connectivity index (χ0v) is 10.1. The minimum absolute atomic E-state index is 0.283. The molecule has 1 amide bonds. The lowest BCUT2D eigenvalue weighted by molar-refractivity contribution is -0.0259. The molecule has 8 heteroatoms. The van der Waals surface area contributed by atoms with Crippen LogP contribution in [0.4, 0.5) is 10.6 Å². The van der Waals surface area contributed by atoms with Gasteiger partial charge in [0.1, 0.15) is 17.9 Å². The number of nitrogens with zero attached hydrogens (tertiary/aromatic N) is 4. The number of rotatable bonds is 1. The average Bonchev–Trinajstić information content (AvgIpc) is 2.84. The molecule has 3 heterocycles. The summed E-state index contributed by atoms with van der Waals surface area (Å²) in [5.74, 6) is 0.382. The van der Waals surface area contributed by atoms with Gasteiger partial charge in [-0.05, 0) is 12.1 Å². The fourth-order valence-electron chi connectivity index (χ4n) is 2.22. The van der Waals surface area contributed by atoms with Crippen molar-refractivity contribution in [2.45, 2.75) is 6.10 Å². The number of fused-ring (bicyclic) bond motifs is 1. The predicted molar refractivity (Wildman–Crippen MR) is 65.7 cm³/mol. The standard InChI is InChI=1S/C11H13N5O3/c12-10-8-2-1-7(16(8)14-6-13-10)9-5-15(11(17)18)3-4-19-9/h1-2,6,9H,3-5H2,(H,17,18)(H2,12,13,14). The lowest BCUT2D eigenvalue weighted by Gasteiger charge is -2.30. The molecule has 2 aromatic rings. The zero-order chi connectivity index (χ0) is 13.4. The number of hydrogen-bond acceptors (Lipinski definition) is 5. The molecule has 8 nitrogen and oxygen atoms in total. The molecule has 3 rings (SSSR count). The van der Waals surface area contributed by atoms with Crippen LogP contribution < -0.4 is 5.73 Å². The van der Waals surface area contributed by atoms with Crippen LogP contribution in [0, 0.1) is 0 Å². The molecule has 0 spiro atoms. The van der Waals surface area contributed by atoms with Crippen molar-refractivity contribution in [3.8, 4) is 0 Å². The number of ether oxygens (including phenoxy) is 1. The highest BCUT2D eigenvalue weighted by Crippen LogP contribution is 2.25. The van der Waals surface area contributed by atoms with Crippen LogP contribution in [-0.4, -0.2) is 50.4 Å². The quantitative estimate of drug-likeness (QED) is 0.769. The van der Waals surface area contributed by atoms with Crippen LogP contribution >= 0.6 is 0 Å². The van der Waals surface area contributed by atoms with Gasteiger partial charge >= 0.3 is 6.09 Å². The maximum Gasteiger partial charge on any atom is 0.407 e. The van der Waals surface area contributed by atoms with E-state index in [1.807, 2.05) is 6.07 Å². The third-order valence-electron chi connectivity index (χ3n) is 3.18. The summed E-state index contributed by atoms with van der Waals surface area (Å²) in [5, 5.41) is 13.2. The lowest BCUT2D eigenvalue weighted by atomic mass is 10.2. The molecule has 0 radical (unpaired) electrons. The molecular weight excluding hydrogens is 250 g/mol. The summed E-state index contributed by atoms with van der Waals surface area (Å²) >= 11 is 0. The van der Waals surface area contributed by atoms with Crippen molar-refractivity contribution >= 4 is 17.4 Å². The Morgan fingerprint density at radius 1 is 1.53 bits per heavy atom. The third kappa shape index (κ3) is 1.95. The van der Waals surface area contributed by atoms with Gasteiger partial charge in [0.25, 0.3) is 0 Å². The van der Waals surface area contributed by atoms with Crippen molar-refractivity contribution in [2.24, 2.45) is 0 Å². The van der Waals surface area contributed by atoms with Crippen molar-refractivity contribution < 1.29 is 14.6 Å². The highest BCUT2D eigenvalue weighted by molar-refractivity contribution is 5.66. The summed E-state index contributed by atoms with van der Waals surface area (Å²) < 4.78 is 7.26. The van der Waals surface area contributed by atoms with Crippen LogP contribution in [0.3, 0.4) is 0 Å². The SMILES string of the molecule is Nc1ncnn2c(C3CN(C(=O)O)CCO3)ccc12. The molecule has 2 aromatic heterocycles. The Morgan fingerprint density at radius 3 is 3.16 bits per heavy atom. The molecular formula is C11H13N5O3. The van der Waals surface area contributed by atoms with Gasteiger partial charge in [0.05, 0.1) is 18.8 Å². The minimum atomic E-state index is -0.941. The number of nitrogens with two attached hydrogens (primary N) is 1. The van der Waals surface area contributed by atoms with Crippen molar-refractivity contribution in [1.82, 2.24) is 19.5 Å². The molecule has 1 aliphatic heterocycles. The number of aromatic nitrogens is 3. The van der Waals surface area contributed by atoms with Crippen LogP contribution in [0.2, 0.25) is 0 Å². The molecule has 19 heavy (non-hydrogen) atoms. The maximum atomic E-state index is 11.0. The number of carbonyl (C=O) groups is 1. The normalized spacial score (nSPS) is 19.8. The summed E-state index contributed by atoms with van der Waals surface area (Å²) in [7, 11) is 0. The molecule has 1 aliphatic rings. The van der Waals surface area contributed by atoms with E-state index in [-0.39, 0.29) is 12.6 Å². The second-order valence-corrected chi connectivity index (χ2v) is 4.29. The van der Waals surface area contributed by atoms with Gasteiger partial charge in [0.15, 0.2) is 5.82 Å². The molecule has 1 unspecified atom stereocenters. The first-order valence-electron chi connectivity index (χ1n) is 5.84. The van der Waals surface area contributed by atoms with Crippen LogP contribution in [0.1, 0.15) is 11.8 Å². The molecule has 1 saturated heterocycles. The Morgan fingerprint density at radius 2 is 2.37 bits per heavy atom. The highest BCUT2D eigenvalue weighted by Gasteiger charge is 2.27. The highest BCUT2D eigenvalue weighted by atomic mass is 16.5. The second kappa shape index (κ2) is 4.39. The van der Waals surface area contributed by atoms with E-state index >= 15 is 0 Å². The summed E-state index contributed by atoms with van der Waals surface area (Å²) in [5.41, 5.74) is 7.22. The second-order valence-electron chi connectivity index (χ2n) is 4.29. The van der Waals surface area contributed by atoms with E-state index in [1.165, 1.54) is 11.2 Å².